The van der Waals surface area contributed by atoms with Gasteiger partial charge in [0.15, 0.2) is 17.4 Å². The van der Waals surface area contributed by atoms with E-state index >= 15 is 0 Å². The van der Waals surface area contributed by atoms with Crippen LogP contribution >= 0.6 is 15.9 Å². The van der Waals surface area contributed by atoms with Crippen molar-refractivity contribution in [1.82, 2.24) is 0 Å². The van der Waals surface area contributed by atoms with Crippen molar-refractivity contribution in [3.63, 3.8) is 0 Å². The third-order valence-electron chi connectivity index (χ3n) is 2.37. The minimum absolute atomic E-state index is 0.0560. The molecule has 0 aliphatic rings. The Morgan fingerprint density at radius 3 is 2.44 bits per heavy atom. The summed E-state index contributed by atoms with van der Waals surface area (Å²) in [6.45, 7) is 0. The van der Waals surface area contributed by atoms with Crippen LogP contribution in [0.15, 0.2) is 40.9 Å². The number of carbonyl (C=O) groups excluding carboxylic acids is 1. The Hall–Kier alpha value is -1.62. The van der Waals surface area contributed by atoms with Gasteiger partial charge in [-0.15, -0.1) is 0 Å². The van der Waals surface area contributed by atoms with Gasteiger partial charge in [-0.05, 0) is 40.2 Å². The summed E-state index contributed by atoms with van der Waals surface area (Å²) < 4.78 is 38.9. The highest BCUT2D eigenvalue weighted by Gasteiger charge is 2.18. The molecular weight excluding hydrogens is 309 g/mol. The van der Waals surface area contributed by atoms with Gasteiger partial charge >= 0.3 is 0 Å². The molecule has 0 aliphatic carbocycles. The van der Waals surface area contributed by atoms with Crippen LogP contribution in [-0.2, 0) is 0 Å². The summed E-state index contributed by atoms with van der Waals surface area (Å²) >= 11 is 2.82. The quantitative estimate of drug-likeness (QED) is 0.602. The molecule has 0 heterocycles. The van der Waals surface area contributed by atoms with Gasteiger partial charge in [0.1, 0.15) is 5.82 Å². The lowest BCUT2D eigenvalue weighted by Crippen LogP contribution is -2.05. The van der Waals surface area contributed by atoms with Crippen molar-refractivity contribution in [3.8, 4) is 0 Å². The Morgan fingerprint density at radius 2 is 1.78 bits per heavy atom. The molecule has 0 saturated heterocycles. The van der Waals surface area contributed by atoms with Gasteiger partial charge in [-0.25, -0.2) is 13.2 Å². The number of hydrogen-bond donors (Lipinski definition) is 0. The Bertz CT molecular complexity index is 626. The molecule has 0 amide bonds. The monoisotopic (exact) mass is 314 g/mol. The zero-order chi connectivity index (χ0) is 13.3. The van der Waals surface area contributed by atoms with Gasteiger partial charge < -0.3 is 0 Å². The molecule has 0 aromatic heterocycles. The lowest BCUT2D eigenvalue weighted by molar-refractivity contribution is 0.103. The molecule has 92 valence electrons. The SMILES string of the molecule is O=C(c1cccc(F)c1)c1ccc(F)c(F)c1Br. The molecule has 2 aromatic carbocycles. The van der Waals surface area contributed by atoms with Crippen LogP contribution in [0, 0.1) is 17.5 Å². The normalized spacial score (nSPS) is 10.4. The standard InChI is InChI=1S/C13H6BrF3O/c14-11-9(4-5-10(16)12(11)17)13(18)7-2-1-3-8(15)6-7/h1-6H. The molecular formula is C13H6BrF3O. The number of hydrogen-bond acceptors (Lipinski definition) is 1. The maximum absolute atomic E-state index is 13.3. The number of rotatable bonds is 2. The summed E-state index contributed by atoms with van der Waals surface area (Å²) in [6.07, 6.45) is 0. The smallest absolute Gasteiger partial charge is 0.194 e. The van der Waals surface area contributed by atoms with Gasteiger partial charge in [0.05, 0.1) is 4.47 Å². The fourth-order valence-electron chi connectivity index (χ4n) is 1.49. The van der Waals surface area contributed by atoms with Crippen LogP contribution in [0.3, 0.4) is 0 Å². The molecule has 0 unspecified atom stereocenters. The first-order valence-corrected chi connectivity index (χ1v) is 5.74. The third kappa shape index (κ3) is 2.31. The molecule has 0 N–H and O–H groups in total. The van der Waals surface area contributed by atoms with E-state index in [4.69, 9.17) is 0 Å². The zero-order valence-corrected chi connectivity index (χ0v) is 10.5. The second kappa shape index (κ2) is 4.94. The Labute approximate surface area is 109 Å². The minimum Gasteiger partial charge on any atom is -0.289 e. The second-order valence-corrected chi connectivity index (χ2v) is 4.36. The van der Waals surface area contributed by atoms with E-state index < -0.39 is 23.2 Å². The van der Waals surface area contributed by atoms with E-state index in [1.807, 2.05) is 0 Å². The van der Waals surface area contributed by atoms with Crippen LogP contribution in [0.5, 0.6) is 0 Å². The first-order chi connectivity index (χ1) is 8.50. The van der Waals surface area contributed by atoms with Crippen LogP contribution in [0.25, 0.3) is 0 Å². The van der Waals surface area contributed by atoms with Crippen molar-refractivity contribution >= 4 is 21.7 Å². The van der Waals surface area contributed by atoms with Crippen LogP contribution in [0.2, 0.25) is 0 Å². The van der Waals surface area contributed by atoms with Gasteiger partial charge in [-0.1, -0.05) is 12.1 Å². The lowest BCUT2D eigenvalue weighted by atomic mass is 10.0. The van der Waals surface area contributed by atoms with Crippen molar-refractivity contribution in [1.29, 1.82) is 0 Å². The fourth-order valence-corrected chi connectivity index (χ4v) is 1.99. The summed E-state index contributed by atoms with van der Waals surface area (Å²) in [5, 5.41) is 0. The molecule has 5 heteroatoms. The number of halogens is 4. The van der Waals surface area contributed by atoms with Crippen LogP contribution in [0.1, 0.15) is 15.9 Å². The molecule has 0 radical (unpaired) electrons. The highest BCUT2D eigenvalue weighted by molar-refractivity contribution is 9.10. The fraction of sp³-hybridized carbons (Fsp3) is 0. The van der Waals surface area contributed by atoms with Crippen LogP contribution < -0.4 is 0 Å². The predicted molar refractivity (Wildman–Crippen MR) is 63.9 cm³/mol. The molecule has 0 saturated carbocycles. The van der Waals surface area contributed by atoms with E-state index in [0.717, 1.165) is 18.2 Å². The predicted octanol–water partition coefficient (Wildman–Crippen LogP) is 4.10. The zero-order valence-electron chi connectivity index (χ0n) is 8.88. The summed E-state index contributed by atoms with van der Waals surface area (Å²) in [5.74, 6) is -3.35. The van der Waals surface area contributed by atoms with E-state index in [0.29, 0.717) is 0 Å². The molecule has 2 aromatic rings. The van der Waals surface area contributed by atoms with Crippen molar-refractivity contribution in [2.45, 2.75) is 0 Å². The highest BCUT2D eigenvalue weighted by Crippen LogP contribution is 2.25. The number of carbonyl (C=O) groups is 1. The van der Waals surface area contributed by atoms with E-state index in [-0.39, 0.29) is 15.6 Å². The van der Waals surface area contributed by atoms with Gasteiger partial charge in [-0.3, -0.25) is 4.79 Å². The van der Waals surface area contributed by atoms with Gasteiger partial charge in [0, 0.05) is 11.1 Å². The largest absolute Gasteiger partial charge is 0.289 e. The number of benzene rings is 2. The highest BCUT2D eigenvalue weighted by atomic mass is 79.9. The topological polar surface area (TPSA) is 17.1 Å². The Morgan fingerprint density at radius 1 is 1.06 bits per heavy atom. The molecule has 2 rings (SSSR count). The van der Waals surface area contributed by atoms with Crippen LogP contribution in [0.4, 0.5) is 13.2 Å². The molecule has 18 heavy (non-hydrogen) atoms. The summed E-state index contributed by atoms with van der Waals surface area (Å²) in [7, 11) is 0. The van der Waals surface area contributed by atoms with E-state index in [2.05, 4.69) is 15.9 Å². The average Bonchev–Trinajstić information content (AvgIpc) is 2.35. The lowest BCUT2D eigenvalue weighted by Gasteiger charge is -2.05. The van der Waals surface area contributed by atoms with E-state index in [1.165, 1.54) is 18.2 Å². The van der Waals surface area contributed by atoms with Gasteiger partial charge in [0.25, 0.3) is 0 Å². The summed E-state index contributed by atoms with van der Waals surface area (Å²) in [6, 6.07) is 7.00. The maximum atomic E-state index is 13.3. The first-order valence-electron chi connectivity index (χ1n) is 4.94. The average molecular weight is 315 g/mol. The van der Waals surface area contributed by atoms with Crippen molar-refractivity contribution in [2.24, 2.45) is 0 Å². The summed E-state index contributed by atoms with van der Waals surface area (Å²) in [4.78, 5) is 12.0. The van der Waals surface area contributed by atoms with Gasteiger partial charge in [0.2, 0.25) is 0 Å². The van der Waals surface area contributed by atoms with E-state index in [1.54, 1.807) is 0 Å². The summed E-state index contributed by atoms with van der Waals surface area (Å²) in [5.41, 5.74) is 0.0150. The van der Waals surface area contributed by atoms with Crippen LogP contribution in [-0.4, -0.2) is 5.78 Å². The molecule has 0 aliphatic heterocycles. The van der Waals surface area contributed by atoms with E-state index in [9.17, 15) is 18.0 Å². The molecule has 0 spiro atoms. The molecule has 0 atom stereocenters. The Kier molecular flexibility index (Phi) is 3.52. The second-order valence-electron chi connectivity index (χ2n) is 3.56. The van der Waals surface area contributed by atoms with Crippen molar-refractivity contribution in [2.75, 3.05) is 0 Å². The Balaban J connectivity index is 2.50. The molecule has 0 fully saturated rings. The third-order valence-corrected chi connectivity index (χ3v) is 3.14. The van der Waals surface area contributed by atoms with Crippen molar-refractivity contribution in [3.05, 3.63) is 69.4 Å². The minimum atomic E-state index is -1.14. The first kappa shape index (κ1) is 12.8. The molecule has 0 bridgehead atoms. The van der Waals surface area contributed by atoms with Gasteiger partial charge in [-0.2, -0.15) is 0 Å². The number of ketones is 1. The maximum Gasteiger partial charge on any atom is 0.194 e. The van der Waals surface area contributed by atoms with Crippen molar-refractivity contribution < 1.29 is 18.0 Å². The molecule has 1 nitrogen and oxygen atoms in total.